The van der Waals surface area contributed by atoms with Crippen LogP contribution in [0.2, 0.25) is 0 Å². The number of nitrogens with two attached hydrogens (primary N) is 1. The van der Waals surface area contributed by atoms with Crippen LogP contribution in [0.25, 0.3) is 0 Å². The van der Waals surface area contributed by atoms with Crippen LogP contribution in [-0.4, -0.2) is 16.3 Å². The third-order valence-electron chi connectivity index (χ3n) is 3.43. The van der Waals surface area contributed by atoms with Crippen molar-refractivity contribution < 1.29 is 13.2 Å². The fraction of sp³-hybridized carbons (Fsp3) is 0.308. The zero-order valence-corrected chi connectivity index (χ0v) is 10.5. The van der Waals surface area contributed by atoms with Gasteiger partial charge >= 0.3 is 6.18 Å². The lowest BCUT2D eigenvalue weighted by Crippen LogP contribution is -2.25. The van der Waals surface area contributed by atoms with E-state index < -0.39 is 11.7 Å². The minimum absolute atomic E-state index is 0.231. The third kappa shape index (κ3) is 2.09. The molecule has 1 aliphatic rings. The molecule has 3 N–H and O–H groups in total. The SMILES string of the molecule is Nc1cnn2c1NCCC2c1cccc(C(F)(F)F)c1. The average molecular weight is 282 g/mol. The molecular weight excluding hydrogens is 269 g/mol. The number of halogens is 3. The van der Waals surface area contributed by atoms with E-state index in [1.807, 2.05) is 0 Å². The number of hydrogen-bond donors (Lipinski definition) is 2. The maximum atomic E-state index is 12.8. The van der Waals surface area contributed by atoms with E-state index in [4.69, 9.17) is 5.73 Å². The molecule has 20 heavy (non-hydrogen) atoms. The van der Waals surface area contributed by atoms with Gasteiger partial charge in [0.2, 0.25) is 0 Å². The topological polar surface area (TPSA) is 55.9 Å². The molecule has 1 aromatic carbocycles. The van der Waals surface area contributed by atoms with Crippen LogP contribution >= 0.6 is 0 Å². The maximum absolute atomic E-state index is 12.8. The van der Waals surface area contributed by atoms with E-state index >= 15 is 0 Å². The molecule has 4 nitrogen and oxygen atoms in total. The van der Waals surface area contributed by atoms with E-state index in [9.17, 15) is 13.2 Å². The van der Waals surface area contributed by atoms with Crippen molar-refractivity contribution in [3.8, 4) is 0 Å². The van der Waals surface area contributed by atoms with Crippen LogP contribution in [-0.2, 0) is 6.18 Å². The van der Waals surface area contributed by atoms with Crippen molar-refractivity contribution in [2.24, 2.45) is 0 Å². The maximum Gasteiger partial charge on any atom is 0.416 e. The molecule has 0 aliphatic carbocycles. The second-order valence-electron chi connectivity index (χ2n) is 4.75. The summed E-state index contributed by atoms with van der Waals surface area (Å²) in [4.78, 5) is 0. The highest BCUT2D eigenvalue weighted by Gasteiger charge is 2.32. The highest BCUT2D eigenvalue weighted by atomic mass is 19.4. The van der Waals surface area contributed by atoms with Crippen LogP contribution in [0.5, 0.6) is 0 Å². The van der Waals surface area contributed by atoms with E-state index in [1.165, 1.54) is 18.3 Å². The summed E-state index contributed by atoms with van der Waals surface area (Å²) in [5.74, 6) is 0.665. The van der Waals surface area contributed by atoms with Gasteiger partial charge in [-0.15, -0.1) is 0 Å². The van der Waals surface area contributed by atoms with Gasteiger partial charge in [-0.05, 0) is 24.1 Å². The molecule has 106 valence electrons. The molecule has 1 unspecified atom stereocenters. The second-order valence-corrected chi connectivity index (χ2v) is 4.75. The quantitative estimate of drug-likeness (QED) is 0.845. The summed E-state index contributed by atoms with van der Waals surface area (Å²) in [7, 11) is 0. The highest BCUT2D eigenvalue weighted by molar-refractivity contribution is 5.62. The van der Waals surface area contributed by atoms with Crippen LogP contribution in [0.3, 0.4) is 0 Å². The third-order valence-corrected chi connectivity index (χ3v) is 3.43. The number of hydrogen-bond acceptors (Lipinski definition) is 3. The number of aromatic nitrogens is 2. The molecule has 0 spiro atoms. The van der Waals surface area contributed by atoms with Gasteiger partial charge in [-0.1, -0.05) is 12.1 Å². The molecule has 0 saturated carbocycles. The van der Waals surface area contributed by atoms with Gasteiger partial charge in [0.25, 0.3) is 0 Å². The number of anilines is 2. The molecule has 2 heterocycles. The number of nitrogen functional groups attached to an aromatic ring is 1. The van der Waals surface area contributed by atoms with Gasteiger partial charge in [-0.3, -0.25) is 0 Å². The lowest BCUT2D eigenvalue weighted by molar-refractivity contribution is -0.137. The molecule has 7 heteroatoms. The van der Waals surface area contributed by atoms with Gasteiger partial charge in [0, 0.05) is 6.54 Å². The van der Waals surface area contributed by atoms with Crippen molar-refractivity contribution >= 4 is 11.5 Å². The Labute approximate surface area is 113 Å². The first-order valence-electron chi connectivity index (χ1n) is 6.21. The van der Waals surface area contributed by atoms with Crippen molar-refractivity contribution in [3.05, 3.63) is 41.6 Å². The molecule has 3 rings (SSSR count). The van der Waals surface area contributed by atoms with Gasteiger partial charge in [0.05, 0.1) is 23.5 Å². The van der Waals surface area contributed by atoms with Gasteiger partial charge in [-0.2, -0.15) is 18.3 Å². The first kappa shape index (κ1) is 12.8. The fourth-order valence-electron chi connectivity index (χ4n) is 2.47. The summed E-state index contributed by atoms with van der Waals surface area (Å²) < 4.78 is 40.0. The van der Waals surface area contributed by atoms with Crippen molar-refractivity contribution in [1.82, 2.24) is 9.78 Å². The Morgan fingerprint density at radius 3 is 2.90 bits per heavy atom. The number of rotatable bonds is 1. The Balaban J connectivity index is 2.02. The fourth-order valence-corrected chi connectivity index (χ4v) is 2.47. The number of alkyl halides is 3. The van der Waals surface area contributed by atoms with Crippen molar-refractivity contribution in [1.29, 1.82) is 0 Å². The molecule has 1 aromatic heterocycles. The number of fused-ring (bicyclic) bond motifs is 1. The minimum Gasteiger partial charge on any atom is -0.394 e. The summed E-state index contributed by atoms with van der Waals surface area (Å²) in [6, 6.07) is 5.13. The van der Waals surface area contributed by atoms with E-state index in [2.05, 4.69) is 10.4 Å². The van der Waals surface area contributed by atoms with E-state index in [-0.39, 0.29) is 6.04 Å². The molecule has 2 aromatic rings. The van der Waals surface area contributed by atoms with E-state index in [0.717, 1.165) is 6.07 Å². The zero-order chi connectivity index (χ0) is 14.3. The first-order chi connectivity index (χ1) is 9.47. The molecule has 0 radical (unpaired) electrons. The van der Waals surface area contributed by atoms with Crippen LogP contribution < -0.4 is 11.1 Å². The summed E-state index contributed by atoms with van der Waals surface area (Å²) in [5, 5.41) is 7.26. The smallest absolute Gasteiger partial charge is 0.394 e. The molecular formula is C13H13F3N4. The Morgan fingerprint density at radius 1 is 1.35 bits per heavy atom. The van der Waals surface area contributed by atoms with Crippen LogP contribution in [0.4, 0.5) is 24.7 Å². The van der Waals surface area contributed by atoms with E-state index in [1.54, 1.807) is 10.7 Å². The highest BCUT2D eigenvalue weighted by Crippen LogP contribution is 2.35. The number of nitrogens with zero attached hydrogens (tertiary/aromatic N) is 2. The summed E-state index contributed by atoms with van der Waals surface area (Å²) >= 11 is 0. The first-order valence-corrected chi connectivity index (χ1v) is 6.21. The predicted molar refractivity (Wildman–Crippen MR) is 69.3 cm³/mol. The molecule has 0 fully saturated rings. The van der Waals surface area contributed by atoms with Crippen LogP contribution in [0.15, 0.2) is 30.5 Å². The zero-order valence-electron chi connectivity index (χ0n) is 10.5. The Morgan fingerprint density at radius 2 is 2.15 bits per heavy atom. The second kappa shape index (κ2) is 4.43. The summed E-state index contributed by atoms with van der Waals surface area (Å²) in [6.45, 7) is 0.650. The lowest BCUT2D eigenvalue weighted by Gasteiger charge is -2.26. The van der Waals surface area contributed by atoms with Gasteiger partial charge in [0.1, 0.15) is 5.82 Å². The largest absolute Gasteiger partial charge is 0.416 e. The standard InChI is InChI=1S/C13H13F3N4/c14-13(15,16)9-3-1-2-8(6-9)11-4-5-18-12-10(17)7-19-20(11)12/h1-3,6-7,11,18H,4-5,17H2. The molecule has 1 aliphatic heterocycles. The van der Waals surface area contributed by atoms with E-state index in [0.29, 0.717) is 30.0 Å². The molecule has 0 saturated heterocycles. The Hall–Kier alpha value is -2.18. The predicted octanol–water partition coefficient (Wildman–Crippen LogP) is 2.89. The van der Waals surface area contributed by atoms with Gasteiger partial charge < -0.3 is 11.1 Å². The number of benzene rings is 1. The van der Waals surface area contributed by atoms with Gasteiger partial charge in [0.15, 0.2) is 0 Å². The lowest BCUT2D eigenvalue weighted by atomic mass is 10.00. The summed E-state index contributed by atoms with van der Waals surface area (Å²) in [5.41, 5.74) is 6.22. The number of nitrogens with one attached hydrogen (secondary N) is 1. The van der Waals surface area contributed by atoms with Crippen molar-refractivity contribution in [3.63, 3.8) is 0 Å². The molecule has 0 amide bonds. The summed E-state index contributed by atoms with van der Waals surface area (Å²) in [6.07, 6.45) is -2.17. The van der Waals surface area contributed by atoms with Crippen molar-refractivity contribution in [2.75, 3.05) is 17.6 Å². The van der Waals surface area contributed by atoms with Crippen molar-refractivity contribution in [2.45, 2.75) is 18.6 Å². The average Bonchev–Trinajstić information content (AvgIpc) is 2.80. The Kier molecular flexibility index (Phi) is 2.84. The molecule has 1 atom stereocenters. The molecule has 0 bridgehead atoms. The Bertz CT molecular complexity index is 633. The van der Waals surface area contributed by atoms with Crippen LogP contribution in [0.1, 0.15) is 23.6 Å². The minimum atomic E-state index is -4.34. The normalized spacial score (nSPS) is 18.4. The van der Waals surface area contributed by atoms with Crippen LogP contribution in [0, 0.1) is 0 Å². The van der Waals surface area contributed by atoms with Gasteiger partial charge in [-0.25, -0.2) is 4.68 Å². The monoisotopic (exact) mass is 282 g/mol.